The van der Waals surface area contributed by atoms with Crippen LogP contribution in [0.1, 0.15) is 5.56 Å². The maximum Gasteiger partial charge on any atom is 0.289 e. The number of hydrogen-bond donors (Lipinski definition) is 3. The average molecular weight is 422 g/mol. The van der Waals surface area contributed by atoms with Gasteiger partial charge in [0.2, 0.25) is 5.88 Å². The summed E-state index contributed by atoms with van der Waals surface area (Å²) in [5, 5.41) is 28.3. The van der Waals surface area contributed by atoms with Crippen LogP contribution in [-0.2, 0) is 0 Å². The Labute approximate surface area is 160 Å². The van der Waals surface area contributed by atoms with Crippen LogP contribution in [0.4, 0.5) is 11.6 Å². The summed E-state index contributed by atoms with van der Waals surface area (Å²) in [6, 6.07) is 11.6. The molecule has 0 aliphatic rings. The Hall–Kier alpha value is -3.33. The highest BCUT2D eigenvalue weighted by atomic mass is 79.9. The van der Waals surface area contributed by atoms with Crippen LogP contribution >= 0.6 is 15.9 Å². The lowest BCUT2D eigenvalue weighted by atomic mass is 10.2. The van der Waals surface area contributed by atoms with Crippen LogP contribution in [0.3, 0.4) is 0 Å². The number of aromatic hydroxyl groups is 1. The maximum atomic E-state index is 10.1. The van der Waals surface area contributed by atoms with E-state index in [0.717, 1.165) is 31.8 Å². The zero-order valence-corrected chi connectivity index (χ0v) is 15.6. The fourth-order valence-electron chi connectivity index (χ4n) is 3.05. The van der Waals surface area contributed by atoms with E-state index in [2.05, 4.69) is 51.3 Å². The Morgan fingerprint density at radius 2 is 1.78 bits per heavy atom. The molecular weight excluding hydrogens is 410 g/mol. The van der Waals surface area contributed by atoms with Gasteiger partial charge in [-0.05, 0) is 37.3 Å². The molecule has 9 heteroatoms. The van der Waals surface area contributed by atoms with Crippen molar-refractivity contribution < 1.29 is 5.11 Å². The summed E-state index contributed by atoms with van der Waals surface area (Å²) in [5.74, 6) is 0.0384. The van der Waals surface area contributed by atoms with Crippen LogP contribution in [0.2, 0.25) is 0 Å². The first-order valence-electron chi connectivity index (χ1n) is 8.13. The summed E-state index contributed by atoms with van der Waals surface area (Å²) in [4.78, 5) is 10.4. The first kappa shape index (κ1) is 15.9. The highest BCUT2D eigenvalue weighted by molar-refractivity contribution is 9.10. The van der Waals surface area contributed by atoms with E-state index in [0.29, 0.717) is 16.9 Å². The zero-order chi connectivity index (χ0) is 18.5. The van der Waals surface area contributed by atoms with Crippen molar-refractivity contribution in [2.24, 2.45) is 10.2 Å². The highest BCUT2D eigenvalue weighted by Crippen LogP contribution is 2.37. The molecule has 5 aromatic rings. The number of H-pyrrole nitrogens is 2. The van der Waals surface area contributed by atoms with Crippen molar-refractivity contribution in [2.45, 2.75) is 6.92 Å². The number of azo groups is 1. The molecular formula is C18H12BrN7O. The van der Waals surface area contributed by atoms with Gasteiger partial charge >= 0.3 is 0 Å². The fourth-order valence-corrected chi connectivity index (χ4v) is 3.41. The number of rotatable bonds is 2. The van der Waals surface area contributed by atoms with Crippen LogP contribution in [0, 0.1) is 6.92 Å². The Balaban J connectivity index is 1.59. The summed E-state index contributed by atoms with van der Waals surface area (Å²) in [7, 11) is 0. The maximum absolute atomic E-state index is 10.1. The molecule has 132 valence electrons. The predicted octanol–water partition coefficient (Wildman–Crippen LogP) is 5.18. The quantitative estimate of drug-likeness (QED) is 0.340. The zero-order valence-electron chi connectivity index (χ0n) is 14.0. The van der Waals surface area contributed by atoms with Gasteiger partial charge in [-0.25, -0.2) is 0 Å². The van der Waals surface area contributed by atoms with Crippen LogP contribution in [-0.4, -0.2) is 30.3 Å². The summed E-state index contributed by atoms with van der Waals surface area (Å²) >= 11 is 3.41. The van der Waals surface area contributed by atoms with Crippen LogP contribution < -0.4 is 0 Å². The van der Waals surface area contributed by atoms with E-state index < -0.39 is 0 Å². The van der Waals surface area contributed by atoms with E-state index in [4.69, 9.17) is 0 Å². The number of nitrogens with zero attached hydrogens (tertiary/aromatic N) is 5. The minimum atomic E-state index is -0.0676. The van der Waals surface area contributed by atoms with E-state index in [1.54, 1.807) is 0 Å². The topological polar surface area (TPSA) is 115 Å². The SMILES string of the molecule is Cc1ccc2[nH]c3nc(N=Nc4c(O)[nH]c5ccc(Br)cc45)nnc3c2c1. The Bertz CT molecular complexity index is 1370. The molecule has 0 saturated heterocycles. The standard InChI is InChI=1S/C18H12BrN7O/c1-8-2-4-12-10(6-8)14-16(20-12)22-18(25-23-14)26-24-15-11-7-9(19)3-5-13(11)21-17(15)27/h2-7,21,27H,1H3,(H,20,22,25). The molecule has 0 amide bonds. The number of nitrogens with one attached hydrogen (secondary N) is 2. The molecule has 0 radical (unpaired) electrons. The first-order chi connectivity index (χ1) is 13.1. The Kier molecular flexibility index (Phi) is 3.44. The number of benzene rings is 2. The van der Waals surface area contributed by atoms with Gasteiger partial charge in [-0.1, -0.05) is 27.6 Å². The summed E-state index contributed by atoms with van der Waals surface area (Å²) in [6.45, 7) is 2.02. The molecule has 2 aromatic carbocycles. The third-order valence-corrected chi connectivity index (χ3v) is 4.81. The third kappa shape index (κ3) is 2.63. The minimum absolute atomic E-state index is 0.0676. The van der Waals surface area contributed by atoms with Crippen molar-refractivity contribution in [3.63, 3.8) is 0 Å². The lowest BCUT2D eigenvalue weighted by Gasteiger charge is -1.94. The number of fused-ring (bicyclic) bond motifs is 4. The second kappa shape index (κ2) is 5.85. The molecule has 0 atom stereocenters. The molecule has 8 nitrogen and oxygen atoms in total. The predicted molar refractivity (Wildman–Crippen MR) is 106 cm³/mol. The minimum Gasteiger partial charge on any atom is -0.493 e. The molecule has 0 bridgehead atoms. The van der Waals surface area contributed by atoms with Crippen molar-refractivity contribution in [3.05, 3.63) is 46.4 Å². The van der Waals surface area contributed by atoms with E-state index >= 15 is 0 Å². The molecule has 0 aliphatic heterocycles. The van der Waals surface area contributed by atoms with E-state index in [-0.39, 0.29) is 11.8 Å². The molecule has 0 fully saturated rings. The molecule has 0 spiro atoms. The van der Waals surface area contributed by atoms with Crippen molar-refractivity contribution in [1.82, 2.24) is 25.1 Å². The van der Waals surface area contributed by atoms with Gasteiger partial charge in [0.1, 0.15) is 5.52 Å². The van der Waals surface area contributed by atoms with Gasteiger partial charge in [-0.2, -0.15) is 4.98 Å². The van der Waals surface area contributed by atoms with Gasteiger partial charge in [0.25, 0.3) is 5.95 Å². The number of hydrogen-bond acceptors (Lipinski definition) is 6. The second-order valence-corrected chi connectivity index (χ2v) is 7.11. The van der Waals surface area contributed by atoms with E-state index in [1.807, 2.05) is 43.3 Å². The summed E-state index contributed by atoms with van der Waals surface area (Å²) in [6.07, 6.45) is 0. The van der Waals surface area contributed by atoms with Crippen molar-refractivity contribution in [3.8, 4) is 5.88 Å². The molecule has 5 rings (SSSR count). The van der Waals surface area contributed by atoms with Crippen LogP contribution in [0.25, 0.3) is 33.0 Å². The van der Waals surface area contributed by atoms with Gasteiger partial charge in [0.15, 0.2) is 11.3 Å². The molecule has 3 N–H and O–H groups in total. The monoisotopic (exact) mass is 421 g/mol. The molecule has 0 aliphatic carbocycles. The highest BCUT2D eigenvalue weighted by Gasteiger charge is 2.12. The molecule has 0 unspecified atom stereocenters. The summed E-state index contributed by atoms with van der Waals surface area (Å²) in [5.41, 5.74) is 4.42. The molecule has 3 heterocycles. The lowest BCUT2D eigenvalue weighted by Crippen LogP contribution is -1.86. The lowest BCUT2D eigenvalue weighted by molar-refractivity contribution is 0.459. The van der Waals surface area contributed by atoms with E-state index in [9.17, 15) is 5.11 Å². The van der Waals surface area contributed by atoms with Crippen molar-refractivity contribution >= 4 is 60.5 Å². The number of aromatic amines is 2. The van der Waals surface area contributed by atoms with Gasteiger partial charge in [-0.3, -0.25) is 0 Å². The first-order valence-corrected chi connectivity index (χ1v) is 8.92. The number of aromatic nitrogens is 5. The average Bonchev–Trinajstić information content (AvgIpc) is 3.16. The van der Waals surface area contributed by atoms with Gasteiger partial charge in [-0.15, -0.1) is 20.4 Å². The molecule has 0 saturated carbocycles. The number of aryl methyl sites for hydroxylation is 1. The Morgan fingerprint density at radius 3 is 2.67 bits per heavy atom. The normalized spacial score (nSPS) is 12.1. The Morgan fingerprint density at radius 1 is 0.963 bits per heavy atom. The molecule has 27 heavy (non-hydrogen) atoms. The fraction of sp³-hybridized carbons (Fsp3) is 0.0556. The second-order valence-electron chi connectivity index (χ2n) is 6.20. The smallest absolute Gasteiger partial charge is 0.289 e. The van der Waals surface area contributed by atoms with Gasteiger partial charge < -0.3 is 15.1 Å². The van der Waals surface area contributed by atoms with Gasteiger partial charge in [0, 0.05) is 20.8 Å². The molecule has 3 aromatic heterocycles. The van der Waals surface area contributed by atoms with Gasteiger partial charge in [0.05, 0.1) is 5.52 Å². The van der Waals surface area contributed by atoms with E-state index in [1.165, 1.54) is 0 Å². The largest absolute Gasteiger partial charge is 0.493 e. The van der Waals surface area contributed by atoms with Crippen molar-refractivity contribution in [1.29, 1.82) is 0 Å². The van der Waals surface area contributed by atoms with Crippen LogP contribution in [0.15, 0.2) is 51.1 Å². The third-order valence-electron chi connectivity index (χ3n) is 4.31. The van der Waals surface area contributed by atoms with Crippen molar-refractivity contribution in [2.75, 3.05) is 0 Å². The number of halogens is 1. The summed E-state index contributed by atoms with van der Waals surface area (Å²) < 4.78 is 0.873. The van der Waals surface area contributed by atoms with Crippen LogP contribution in [0.5, 0.6) is 5.88 Å².